The predicted octanol–water partition coefficient (Wildman–Crippen LogP) is 3.63. The van der Waals surface area contributed by atoms with E-state index in [4.69, 9.17) is 4.74 Å². The highest BCUT2D eigenvalue weighted by atomic mass is 16.5. The van der Waals surface area contributed by atoms with Crippen molar-refractivity contribution >= 4 is 0 Å². The van der Waals surface area contributed by atoms with E-state index in [9.17, 15) is 0 Å². The van der Waals surface area contributed by atoms with E-state index in [2.05, 4.69) is 20.8 Å². The van der Waals surface area contributed by atoms with Gasteiger partial charge in [0, 0.05) is 6.61 Å². The van der Waals surface area contributed by atoms with Crippen LogP contribution in [0.3, 0.4) is 0 Å². The van der Waals surface area contributed by atoms with Crippen LogP contribution in [-0.2, 0) is 4.74 Å². The van der Waals surface area contributed by atoms with E-state index in [1.54, 1.807) is 0 Å². The highest BCUT2D eigenvalue weighted by Gasteiger charge is 1.94. The lowest BCUT2D eigenvalue weighted by molar-refractivity contribution is 0.0617. The van der Waals surface area contributed by atoms with Gasteiger partial charge in [0.1, 0.15) is 0 Å². The second kappa shape index (κ2) is 12.6. The summed E-state index contributed by atoms with van der Waals surface area (Å²) in [5.74, 6) is 0. The van der Waals surface area contributed by atoms with Crippen molar-refractivity contribution in [2.24, 2.45) is 0 Å². The third-order valence-corrected chi connectivity index (χ3v) is 1.48. The Morgan fingerprint density at radius 3 is 2.09 bits per heavy atom. The van der Waals surface area contributed by atoms with Crippen molar-refractivity contribution in [3.05, 3.63) is 0 Å². The third-order valence-electron chi connectivity index (χ3n) is 1.48. The van der Waals surface area contributed by atoms with Gasteiger partial charge >= 0.3 is 0 Å². The average Bonchev–Trinajstić information content (AvgIpc) is 2.08. The maximum atomic E-state index is 5.43. The second-order valence-corrected chi connectivity index (χ2v) is 2.44. The molecule has 0 aliphatic carbocycles. The van der Waals surface area contributed by atoms with Crippen LogP contribution in [-0.4, -0.2) is 12.7 Å². The molecule has 70 valence electrons. The minimum atomic E-state index is 0.455. The summed E-state index contributed by atoms with van der Waals surface area (Å²) in [5, 5.41) is 0. The molecule has 0 fully saturated rings. The summed E-state index contributed by atoms with van der Waals surface area (Å²) >= 11 is 0. The number of ether oxygens (including phenoxy) is 1. The van der Waals surface area contributed by atoms with Gasteiger partial charge in [-0.25, -0.2) is 0 Å². The Morgan fingerprint density at radius 1 is 1.18 bits per heavy atom. The third kappa shape index (κ3) is 13.0. The molecular weight excluding hydrogens is 136 g/mol. The lowest BCUT2D eigenvalue weighted by atomic mass is 10.3. The highest BCUT2D eigenvalue weighted by molar-refractivity contribution is 4.43. The molecule has 0 radical (unpaired) electrons. The predicted molar refractivity (Wildman–Crippen MR) is 52.0 cm³/mol. The molecule has 0 aromatic carbocycles. The molecule has 1 heteroatoms. The number of hydrogen-bond acceptors (Lipinski definition) is 1. The maximum Gasteiger partial charge on any atom is 0.0544 e. The minimum absolute atomic E-state index is 0.455. The first-order chi connectivity index (χ1) is 5.31. The quantitative estimate of drug-likeness (QED) is 0.558. The van der Waals surface area contributed by atoms with Crippen molar-refractivity contribution in [3.63, 3.8) is 0 Å². The van der Waals surface area contributed by atoms with Gasteiger partial charge in [0.2, 0.25) is 0 Å². The van der Waals surface area contributed by atoms with Crippen LogP contribution in [0.15, 0.2) is 0 Å². The van der Waals surface area contributed by atoms with Crippen LogP contribution in [0.4, 0.5) is 0 Å². The van der Waals surface area contributed by atoms with Crippen LogP contribution in [0.2, 0.25) is 0 Å². The van der Waals surface area contributed by atoms with Gasteiger partial charge in [0.25, 0.3) is 0 Å². The largest absolute Gasteiger partial charge is 0.379 e. The summed E-state index contributed by atoms with van der Waals surface area (Å²) in [5.41, 5.74) is 0. The van der Waals surface area contributed by atoms with E-state index in [1.807, 2.05) is 13.8 Å². The summed E-state index contributed by atoms with van der Waals surface area (Å²) in [7, 11) is 0. The van der Waals surface area contributed by atoms with E-state index in [-0.39, 0.29) is 0 Å². The van der Waals surface area contributed by atoms with Crippen molar-refractivity contribution < 1.29 is 4.74 Å². The van der Waals surface area contributed by atoms with E-state index in [0.29, 0.717) is 6.10 Å². The lowest BCUT2D eigenvalue weighted by Crippen LogP contribution is -2.06. The summed E-state index contributed by atoms with van der Waals surface area (Å²) in [4.78, 5) is 0. The van der Waals surface area contributed by atoms with Gasteiger partial charge < -0.3 is 4.74 Å². The number of rotatable bonds is 5. The van der Waals surface area contributed by atoms with Crippen LogP contribution in [0, 0.1) is 0 Å². The standard InChI is InChI=1S/C8H18O.C2H6/c1-4-6-7-9-8(3)5-2;1-2/h8H,4-7H2,1-3H3;1-2H3. The Labute approximate surface area is 72.1 Å². The molecule has 0 aromatic heterocycles. The molecular formula is C10H24O. The Balaban J connectivity index is 0. The van der Waals surface area contributed by atoms with Crippen LogP contribution < -0.4 is 0 Å². The molecule has 11 heavy (non-hydrogen) atoms. The van der Waals surface area contributed by atoms with Gasteiger partial charge in [-0.15, -0.1) is 0 Å². The van der Waals surface area contributed by atoms with E-state index in [1.165, 1.54) is 12.8 Å². The molecule has 0 amide bonds. The second-order valence-electron chi connectivity index (χ2n) is 2.44. The normalized spacial score (nSPS) is 11.7. The molecule has 0 aromatic rings. The first-order valence-corrected chi connectivity index (χ1v) is 4.92. The van der Waals surface area contributed by atoms with Crippen molar-refractivity contribution in [2.45, 2.75) is 60.0 Å². The molecule has 1 atom stereocenters. The topological polar surface area (TPSA) is 9.23 Å². The highest BCUT2D eigenvalue weighted by Crippen LogP contribution is 1.97. The molecule has 0 aliphatic rings. The van der Waals surface area contributed by atoms with Gasteiger partial charge in [-0.3, -0.25) is 0 Å². The molecule has 0 aliphatic heterocycles. The smallest absolute Gasteiger partial charge is 0.0544 e. The maximum absolute atomic E-state index is 5.43. The van der Waals surface area contributed by atoms with Crippen LogP contribution in [0.1, 0.15) is 53.9 Å². The summed E-state index contributed by atoms with van der Waals surface area (Å²) in [6.07, 6.45) is 4.02. The van der Waals surface area contributed by atoms with Gasteiger partial charge in [-0.05, 0) is 19.8 Å². The van der Waals surface area contributed by atoms with Crippen LogP contribution in [0.5, 0.6) is 0 Å². The van der Waals surface area contributed by atoms with E-state index < -0.39 is 0 Å². The van der Waals surface area contributed by atoms with Gasteiger partial charge in [-0.1, -0.05) is 34.1 Å². The molecule has 0 bridgehead atoms. The van der Waals surface area contributed by atoms with Crippen molar-refractivity contribution in [1.29, 1.82) is 0 Å². The zero-order valence-electron chi connectivity index (χ0n) is 8.81. The van der Waals surface area contributed by atoms with Crippen molar-refractivity contribution in [3.8, 4) is 0 Å². The molecule has 0 spiro atoms. The van der Waals surface area contributed by atoms with Gasteiger partial charge in [-0.2, -0.15) is 0 Å². The zero-order chi connectivity index (χ0) is 9.11. The first-order valence-electron chi connectivity index (χ1n) is 4.92. The Hall–Kier alpha value is -0.0400. The molecule has 0 N–H and O–H groups in total. The van der Waals surface area contributed by atoms with Crippen LogP contribution in [0.25, 0.3) is 0 Å². The Bertz CT molecular complexity index is 52.8. The van der Waals surface area contributed by atoms with Gasteiger partial charge in [0.05, 0.1) is 6.10 Å². The molecule has 0 rings (SSSR count). The first kappa shape index (κ1) is 13.5. The Morgan fingerprint density at radius 2 is 1.73 bits per heavy atom. The molecule has 0 saturated heterocycles. The zero-order valence-corrected chi connectivity index (χ0v) is 8.81. The summed E-state index contributed by atoms with van der Waals surface area (Å²) < 4.78 is 5.43. The molecule has 1 nitrogen and oxygen atoms in total. The number of hydrogen-bond donors (Lipinski definition) is 0. The minimum Gasteiger partial charge on any atom is -0.379 e. The lowest BCUT2D eigenvalue weighted by Gasteiger charge is -2.08. The summed E-state index contributed by atoms with van der Waals surface area (Å²) in [6, 6.07) is 0. The van der Waals surface area contributed by atoms with Crippen molar-refractivity contribution in [1.82, 2.24) is 0 Å². The fourth-order valence-corrected chi connectivity index (χ4v) is 0.547. The fourth-order valence-electron chi connectivity index (χ4n) is 0.547. The molecule has 0 saturated carbocycles. The Kier molecular flexibility index (Phi) is 15.5. The average molecular weight is 160 g/mol. The van der Waals surface area contributed by atoms with Crippen molar-refractivity contribution in [2.75, 3.05) is 6.61 Å². The molecule has 1 unspecified atom stereocenters. The fraction of sp³-hybridized carbons (Fsp3) is 1.00. The van der Waals surface area contributed by atoms with Gasteiger partial charge in [0.15, 0.2) is 0 Å². The van der Waals surface area contributed by atoms with E-state index in [0.717, 1.165) is 13.0 Å². The van der Waals surface area contributed by atoms with Crippen LogP contribution >= 0.6 is 0 Å². The summed E-state index contributed by atoms with van der Waals surface area (Å²) in [6.45, 7) is 11.4. The molecule has 0 heterocycles. The number of unbranched alkanes of at least 4 members (excludes halogenated alkanes) is 1. The van der Waals surface area contributed by atoms with E-state index >= 15 is 0 Å². The monoisotopic (exact) mass is 160 g/mol. The SMILES string of the molecule is CC.CCCCOC(C)CC.